The molecule has 1 atom stereocenters. The van der Waals surface area contributed by atoms with Gasteiger partial charge in [0.2, 0.25) is 5.91 Å². The molecular formula is C15H10N2O6S2. The van der Waals surface area contributed by atoms with E-state index < -0.39 is 33.5 Å². The Morgan fingerprint density at radius 3 is 2.60 bits per heavy atom. The first-order chi connectivity index (χ1) is 11.9. The summed E-state index contributed by atoms with van der Waals surface area (Å²) in [6.45, 7) is 0. The highest BCUT2D eigenvalue weighted by molar-refractivity contribution is 8.18. The maximum atomic E-state index is 11.9. The molecule has 2 fully saturated rings. The predicted molar refractivity (Wildman–Crippen MR) is 90.7 cm³/mol. The first-order valence-electron chi connectivity index (χ1n) is 6.98. The highest BCUT2D eigenvalue weighted by Gasteiger charge is 2.33. The van der Waals surface area contributed by atoms with Crippen LogP contribution in [0.3, 0.4) is 0 Å². The van der Waals surface area contributed by atoms with Crippen LogP contribution >= 0.6 is 23.5 Å². The summed E-state index contributed by atoms with van der Waals surface area (Å²) in [6.07, 6.45) is 1.27. The van der Waals surface area contributed by atoms with Crippen LogP contribution in [-0.2, 0) is 14.4 Å². The third-order valence-corrected chi connectivity index (χ3v) is 4.94. The summed E-state index contributed by atoms with van der Waals surface area (Å²) < 4.78 is 5.17. The summed E-state index contributed by atoms with van der Waals surface area (Å²) >= 11 is 1.53. The van der Waals surface area contributed by atoms with E-state index in [1.807, 2.05) is 0 Å². The zero-order valence-electron chi connectivity index (χ0n) is 12.4. The molecule has 2 N–H and O–H groups in total. The van der Waals surface area contributed by atoms with E-state index in [1.54, 1.807) is 18.2 Å². The van der Waals surface area contributed by atoms with Gasteiger partial charge in [0, 0.05) is 0 Å². The normalized spacial score (nSPS) is 21.4. The van der Waals surface area contributed by atoms with Gasteiger partial charge in [-0.3, -0.25) is 34.6 Å². The Morgan fingerprint density at radius 1 is 1.16 bits per heavy atom. The van der Waals surface area contributed by atoms with Crippen molar-refractivity contribution in [3.8, 4) is 5.75 Å². The average Bonchev–Trinajstić information content (AvgIpc) is 3.00. The zero-order chi connectivity index (χ0) is 18.0. The number of nitrogens with one attached hydrogen (secondary N) is 2. The van der Waals surface area contributed by atoms with Gasteiger partial charge < -0.3 is 4.74 Å². The van der Waals surface area contributed by atoms with Crippen LogP contribution in [-0.4, -0.2) is 33.5 Å². The molecule has 2 heterocycles. The number of hydrogen-bond acceptors (Lipinski definition) is 8. The lowest BCUT2D eigenvalue weighted by Gasteiger charge is -2.07. The minimum atomic E-state index is -0.796. The predicted octanol–water partition coefficient (Wildman–Crippen LogP) is 1.66. The van der Waals surface area contributed by atoms with Crippen molar-refractivity contribution in [2.24, 2.45) is 0 Å². The molecule has 8 nitrogen and oxygen atoms in total. The topological polar surface area (TPSA) is 119 Å². The SMILES string of the molecule is O=C(CC1SC(=O)NC1=O)Oc1cccc(/C=C2\SC(=O)NC2=O)c1. The number of amides is 4. The monoisotopic (exact) mass is 378 g/mol. The van der Waals surface area contributed by atoms with Crippen molar-refractivity contribution < 1.29 is 28.7 Å². The quantitative estimate of drug-likeness (QED) is 0.461. The van der Waals surface area contributed by atoms with E-state index in [0.29, 0.717) is 5.56 Å². The van der Waals surface area contributed by atoms with E-state index in [2.05, 4.69) is 10.6 Å². The minimum Gasteiger partial charge on any atom is -0.426 e. The maximum absolute atomic E-state index is 11.9. The van der Waals surface area contributed by atoms with Crippen LogP contribution in [0.1, 0.15) is 12.0 Å². The Labute approximate surface area is 149 Å². The van der Waals surface area contributed by atoms with Gasteiger partial charge >= 0.3 is 5.97 Å². The van der Waals surface area contributed by atoms with E-state index in [4.69, 9.17) is 4.74 Å². The van der Waals surface area contributed by atoms with Crippen molar-refractivity contribution >= 4 is 57.9 Å². The summed E-state index contributed by atoms with van der Waals surface area (Å²) in [5.41, 5.74) is 0.570. The van der Waals surface area contributed by atoms with Crippen molar-refractivity contribution in [2.45, 2.75) is 11.7 Å². The fourth-order valence-corrected chi connectivity index (χ4v) is 3.58. The summed E-state index contributed by atoms with van der Waals surface area (Å²) in [6, 6.07) is 6.36. The van der Waals surface area contributed by atoms with Gasteiger partial charge in [0.25, 0.3) is 16.4 Å². The minimum absolute atomic E-state index is 0.226. The Kier molecular flexibility index (Phi) is 4.91. The second-order valence-electron chi connectivity index (χ2n) is 4.99. The van der Waals surface area contributed by atoms with E-state index in [0.717, 1.165) is 23.5 Å². The molecule has 4 amide bonds. The highest BCUT2D eigenvalue weighted by Crippen LogP contribution is 2.27. The average molecular weight is 378 g/mol. The Balaban J connectivity index is 1.66. The zero-order valence-corrected chi connectivity index (χ0v) is 14.1. The summed E-state index contributed by atoms with van der Waals surface area (Å²) in [5.74, 6) is -1.43. The molecule has 2 aliphatic rings. The number of benzene rings is 1. The van der Waals surface area contributed by atoms with Crippen LogP contribution in [0.4, 0.5) is 9.59 Å². The number of imide groups is 2. The molecule has 2 aliphatic heterocycles. The first-order valence-corrected chi connectivity index (χ1v) is 8.67. The van der Waals surface area contributed by atoms with E-state index in [9.17, 15) is 24.0 Å². The van der Waals surface area contributed by atoms with Crippen LogP contribution in [0, 0.1) is 0 Å². The molecule has 2 saturated heterocycles. The lowest BCUT2D eigenvalue weighted by atomic mass is 10.2. The maximum Gasteiger partial charge on any atom is 0.312 e. The molecule has 25 heavy (non-hydrogen) atoms. The Hall–Kier alpha value is -2.59. The van der Waals surface area contributed by atoms with Gasteiger partial charge in [0.15, 0.2) is 0 Å². The molecule has 0 radical (unpaired) electrons. The lowest BCUT2D eigenvalue weighted by molar-refractivity contribution is -0.135. The number of carbonyl (C=O) groups is 5. The first kappa shape index (κ1) is 17.2. The summed E-state index contributed by atoms with van der Waals surface area (Å²) in [5, 5.41) is 2.51. The molecule has 0 bridgehead atoms. The van der Waals surface area contributed by atoms with Gasteiger partial charge in [-0.05, 0) is 35.5 Å². The third-order valence-electron chi connectivity index (χ3n) is 3.15. The second-order valence-corrected chi connectivity index (χ2v) is 7.18. The number of ether oxygens (including phenoxy) is 1. The van der Waals surface area contributed by atoms with Crippen LogP contribution in [0.5, 0.6) is 5.75 Å². The largest absolute Gasteiger partial charge is 0.426 e. The van der Waals surface area contributed by atoms with E-state index in [-0.39, 0.29) is 17.1 Å². The fourth-order valence-electron chi connectivity index (χ4n) is 2.09. The van der Waals surface area contributed by atoms with Gasteiger partial charge in [-0.2, -0.15) is 0 Å². The van der Waals surface area contributed by atoms with Crippen molar-refractivity contribution in [1.82, 2.24) is 10.6 Å². The van der Waals surface area contributed by atoms with Crippen LogP contribution < -0.4 is 15.4 Å². The van der Waals surface area contributed by atoms with Gasteiger partial charge in [0.1, 0.15) is 11.0 Å². The third kappa shape index (κ3) is 4.28. The highest BCUT2D eigenvalue weighted by atomic mass is 32.2. The van der Waals surface area contributed by atoms with Gasteiger partial charge in [0.05, 0.1) is 11.3 Å². The van der Waals surface area contributed by atoms with Gasteiger partial charge in [-0.1, -0.05) is 23.9 Å². The number of rotatable bonds is 4. The lowest BCUT2D eigenvalue weighted by Crippen LogP contribution is -2.27. The molecule has 1 unspecified atom stereocenters. The van der Waals surface area contributed by atoms with Crippen molar-refractivity contribution in [3.63, 3.8) is 0 Å². The molecular weight excluding hydrogens is 368 g/mol. The summed E-state index contributed by atoms with van der Waals surface area (Å²) in [7, 11) is 0. The molecule has 1 aromatic rings. The number of thioether (sulfide) groups is 2. The van der Waals surface area contributed by atoms with Gasteiger partial charge in [-0.25, -0.2) is 0 Å². The van der Waals surface area contributed by atoms with Gasteiger partial charge in [-0.15, -0.1) is 0 Å². The molecule has 0 aliphatic carbocycles. The van der Waals surface area contributed by atoms with Crippen LogP contribution in [0.15, 0.2) is 29.2 Å². The Morgan fingerprint density at radius 2 is 1.96 bits per heavy atom. The molecule has 3 rings (SSSR count). The number of carbonyl (C=O) groups excluding carboxylic acids is 5. The smallest absolute Gasteiger partial charge is 0.312 e. The summed E-state index contributed by atoms with van der Waals surface area (Å²) in [4.78, 5) is 57.3. The fraction of sp³-hybridized carbons (Fsp3) is 0.133. The number of hydrogen-bond donors (Lipinski definition) is 2. The second kappa shape index (κ2) is 7.11. The van der Waals surface area contributed by atoms with Crippen molar-refractivity contribution in [3.05, 3.63) is 34.7 Å². The molecule has 0 spiro atoms. The Bertz CT molecular complexity index is 835. The molecule has 10 heteroatoms. The molecule has 0 saturated carbocycles. The molecule has 1 aromatic carbocycles. The molecule has 128 valence electrons. The standard InChI is InChI=1S/C15H10N2O6S2/c18-11(6-10-13(20)17-15(22)25-10)23-8-3-1-2-7(4-8)5-9-12(19)16-14(21)24-9/h1-5,10H,6H2,(H,16,19,21)(H,17,20,22)/b9-5-. The van der Waals surface area contributed by atoms with Crippen LogP contribution in [0.25, 0.3) is 6.08 Å². The van der Waals surface area contributed by atoms with Crippen LogP contribution in [0.2, 0.25) is 0 Å². The number of esters is 1. The van der Waals surface area contributed by atoms with Crippen molar-refractivity contribution in [2.75, 3.05) is 0 Å². The molecule has 0 aromatic heterocycles. The van der Waals surface area contributed by atoms with E-state index >= 15 is 0 Å². The van der Waals surface area contributed by atoms with Crippen molar-refractivity contribution in [1.29, 1.82) is 0 Å². The van der Waals surface area contributed by atoms with E-state index in [1.165, 1.54) is 12.1 Å².